The first-order valence-electron chi connectivity index (χ1n) is 8.65. The SMILES string of the molecule is Cl.O=C(NCCN1CCOCC1)c1cc(OCC(F)(F)F)ccc1OCC(F)(F)F. The summed E-state index contributed by atoms with van der Waals surface area (Å²) >= 11 is 0. The van der Waals surface area contributed by atoms with E-state index in [4.69, 9.17) is 4.74 Å². The molecule has 172 valence electrons. The summed E-state index contributed by atoms with van der Waals surface area (Å²) in [4.78, 5) is 14.4. The van der Waals surface area contributed by atoms with Crippen LogP contribution < -0.4 is 14.8 Å². The van der Waals surface area contributed by atoms with Crippen LogP contribution in [-0.4, -0.2) is 75.8 Å². The second-order valence-electron chi connectivity index (χ2n) is 6.18. The van der Waals surface area contributed by atoms with Gasteiger partial charge in [-0.2, -0.15) is 26.3 Å². The fraction of sp³-hybridized carbons (Fsp3) is 0.588. The third kappa shape index (κ3) is 9.72. The van der Waals surface area contributed by atoms with E-state index in [1.165, 1.54) is 0 Å². The van der Waals surface area contributed by atoms with E-state index < -0.39 is 37.2 Å². The van der Waals surface area contributed by atoms with Gasteiger partial charge in [-0.15, -0.1) is 12.4 Å². The Hall–Kier alpha value is -1.92. The van der Waals surface area contributed by atoms with Crippen molar-refractivity contribution in [3.63, 3.8) is 0 Å². The standard InChI is InChI=1S/C17H20F6N2O4.ClH/c18-16(19,20)10-28-12-1-2-14(29-11-17(21,22)23)13(9-12)15(26)24-3-4-25-5-7-27-8-6-25;/h1-2,9H,3-8,10-11H2,(H,24,26);1H. The maximum Gasteiger partial charge on any atom is 0.422 e. The van der Waals surface area contributed by atoms with E-state index in [1.54, 1.807) is 0 Å². The van der Waals surface area contributed by atoms with Gasteiger partial charge in [0.25, 0.3) is 5.91 Å². The minimum absolute atomic E-state index is 0. The summed E-state index contributed by atoms with van der Waals surface area (Å²) in [7, 11) is 0. The van der Waals surface area contributed by atoms with Gasteiger partial charge in [0.1, 0.15) is 11.5 Å². The number of benzene rings is 1. The molecule has 0 unspecified atom stereocenters. The Labute approximate surface area is 174 Å². The monoisotopic (exact) mass is 466 g/mol. The first-order valence-corrected chi connectivity index (χ1v) is 8.65. The van der Waals surface area contributed by atoms with Gasteiger partial charge in [0.2, 0.25) is 0 Å². The minimum atomic E-state index is -4.64. The van der Waals surface area contributed by atoms with Crippen molar-refractivity contribution >= 4 is 18.3 Å². The van der Waals surface area contributed by atoms with Crippen molar-refractivity contribution in [1.82, 2.24) is 10.2 Å². The van der Waals surface area contributed by atoms with Gasteiger partial charge in [-0.05, 0) is 18.2 Å². The van der Waals surface area contributed by atoms with Crippen LogP contribution in [0, 0.1) is 0 Å². The lowest BCUT2D eigenvalue weighted by molar-refractivity contribution is -0.154. The molecule has 1 aromatic carbocycles. The zero-order valence-corrected chi connectivity index (χ0v) is 16.5. The number of carbonyl (C=O) groups excluding carboxylic acids is 1. The molecule has 0 saturated carbocycles. The molecule has 1 aliphatic rings. The molecule has 30 heavy (non-hydrogen) atoms. The molecule has 0 aliphatic carbocycles. The number of nitrogens with zero attached hydrogens (tertiary/aromatic N) is 1. The van der Waals surface area contributed by atoms with Gasteiger partial charge in [-0.1, -0.05) is 0 Å². The van der Waals surface area contributed by atoms with E-state index in [1.807, 2.05) is 4.90 Å². The van der Waals surface area contributed by atoms with Crippen LogP contribution in [0.5, 0.6) is 11.5 Å². The molecule has 1 saturated heterocycles. The van der Waals surface area contributed by atoms with Crippen molar-refractivity contribution in [3.05, 3.63) is 23.8 Å². The third-order valence-electron chi connectivity index (χ3n) is 3.81. The van der Waals surface area contributed by atoms with Gasteiger partial charge in [0.05, 0.1) is 18.8 Å². The average Bonchev–Trinajstić information content (AvgIpc) is 2.64. The molecule has 0 spiro atoms. The van der Waals surface area contributed by atoms with Crippen LogP contribution in [0.1, 0.15) is 10.4 Å². The summed E-state index contributed by atoms with van der Waals surface area (Å²) in [5.41, 5.74) is -0.351. The highest BCUT2D eigenvalue weighted by Gasteiger charge is 2.30. The number of amides is 1. The van der Waals surface area contributed by atoms with Crippen molar-refractivity contribution in [2.24, 2.45) is 0 Å². The van der Waals surface area contributed by atoms with Crippen LogP contribution in [-0.2, 0) is 4.74 Å². The van der Waals surface area contributed by atoms with Crippen LogP contribution in [0.15, 0.2) is 18.2 Å². The van der Waals surface area contributed by atoms with Crippen molar-refractivity contribution in [3.8, 4) is 11.5 Å². The largest absolute Gasteiger partial charge is 0.484 e. The third-order valence-corrected chi connectivity index (χ3v) is 3.81. The van der Waals surface area contributed by atoms with Crippen molar-refractivity contribution in [1.29, 1.82) is 0 Å². The van der Waals surface area contributed by atoms with E-state index in [0.29, 0.717) is 32.8 Å². The van der Waals surface area contributed by atoms with E-state index in [9.17, 15) is 31.1 Å². The maximum absolute atomic E-state index is 12.4. The van der Waals surface area contributed by atoms with Crippen LogP contribution in [0.2, 0.25) is 0 Å². The van der Waals surface area contributed by atoms with Crippen LogP contribution in [0.3, 0.4) is 0 Å². The lowest BCUT2D eigenvalue weighted by Gasteiger charge is -2.26. The molecule has 2 rings (SSSR count). The molecule has 0 bridgehead atoms. The van der Waals surface area contributed by atoms with Crippen LogP contribution in [0.25, 0.3) is 0 Å². The van der Waals surface area contributed by atoms with Gasteiger partial charge >= 0.3 is 12.4 Å². The lowest BCUT2D eigenvalue weighted by atomic mass is 10.1. The summed E-state index contributed by atoms with van der Waals surface area (Å²) in [5, 5.41) is 2.52. The Morgan fingerprint density at radius 2 is 1.63 bits per heavy atom. The average molecular weight is 467 g/mol. The van der Waals surface area contributed by atoms with E-state index in [0.717, 1.165) is 18.2 Å². The fourth-order valence-electron chi connectivity index (χ4n) is 2.47. The first-order chi connectivity index (χ1) is 13.5. The zero-order valence-electron chi connectivity index (χ0n) is 15.6. The van der Waals surface area contributed by atoms with Crippen molar-refractivity contribution in [2.45, 2.75) is 12.4 Å². The number of nitrogens with one attached hydrogen (secondary N) is 1. The Morgan fingerprint density at radius 3 is 2.23 bits per heavy atom. The predicted molar refractivity (Wildman–Crippen MR) is 96.4 cm³/mol. The molecule has 13 heteroatoms. The lowest BCUT2D eigenvalue weighted by Crippen LogP contribution is -2.41. The smallest absolute Gasteiger partial charge is 0.422 e. The highest BCUT2D eigenvalue weighted by atomic mass is 35.5. The number of morpholine rings is 1. The summed E-state index contributed by atoms with van der Waals surface area (Å²) in [6.45, 7) is -0.113. The molecule has 1 aromatic rings. The number of halogens is 7. The number of ether oxygens (including phenoxy) is 3. The second kappa shape index (κ2) is 11.5. The summed E-state index contributed by atoms with van der Waals surface area (Å²) < 4.78 is 88.6. The van der Waals surface area contributed by atoms with E-state index in [2.05, 4.69) is 14.8 Å². The highest BCUT2D eigenvalue weighted by molar-refractivity contribution is 5.97. The van der Waals surface area contributed by atoms with E-state index >= 15 is 0 Å². The molecule has 6 nitrogen and oxygen atoms in total. The minimum Gasteiger partial charge on any atom is -0.484 e. The topological polar surface area (TPSA) is 60.0 Å². The summed E-state index contributed by atoms with van der Waals surface area (Å²) in [6, 6.07) is 2.89. The molecular weight excluding hydrogens is 446 g/mol. The second-order valence-corrected chi connectivity index (χ2v) is 6.18. The number of rotatable bonds is 8. The number of hydrogen-bond donors (Lipinski definition) is 1. The normalized spacial score (nSPS) is 15.3. The van der Waals surface area contributed by atoms with Gasteiger partial charge in [-0.3, -0.25) is 9.69 Å². The van der Waals surface area contributed by atoms with Gasteiger partial charge in [0.15, 0.2) is 13.2 Å². The molecule has 1 heterocycles. The predicted octanol–water partition coefficient (Wildman–Crippen LogP) is 3.05. The molecule has 0 radical (unpaired) electrons. The maximum atomic E-state index is 12.4. The Bertz CT molecular complexity index is 681. The van der Waals surface area contributed by atoms with Crippen LogP contribution in [0.4, 0.5) is 26.3 Å². The molecule has 1 amide bonds. The number of alkyl halides is 6. The summed E-state index contributed by atoms with van der Waals surface area (Å²) in [6.07, 6.45) is -9.25. The zero-order chi connectivity index (χ0) is 21.5. The fourth-order valence-corrected chi connectivity index (χ4v) is 2.47. The molecular formula is C17H21ClF6N2O4. The quantitative estimate of drug-likeness (QED) is 0.597. The number of carbonyl (C=O) groups is 1. The summed E-state index contributed by atoms with van der Waals surface area (Å²) in [5.74, 6) is -1.52. The molecule has 0 aromatic heterocycles. The van der Waals surface area contributed by atoms with E-state index in [-0.39, 0.29) is 30.3 Å². The van der Waals surface area contributed by atoms with Gasteiger partial charge in [-0.25, -0.2) is 0 Å². The highest BCUT2D eigenvalue weighted by Crippen LogP contribution is 2.27. The van der Waals surface area contributed by atoms with Gasteiger partial charge in [0, 0.05) is 26.2 Å². The number of hydrogen-bond acceptors (Lipinski definition) is 5. The Morgan fingerprint density at radius 1 is 1.03 bits per heavy atom. The Balaban J connectivity index is 0.00000450. The molecule has 0 atom stereocenters. The molecule has 1 N–H and O–H groups in total. The van der Waals surface area contributed by atoms with Crippen molar-refractivity contribution < 1.29 is 45.3 Å². The Kier molecular flexibility index (Phi) is 9.98. The van der Waals surface area contributed by atoms with Gasteiger partial charge < -0.3 is 19.5 Å². The molecule has 1 fully saturated rings. The molecule has 1 aliphatic heterocycles. The van der Waals surface area contributed by atoms with Crippen LogP contribution >= 0.6 is 12.4 Å². The van der Waals surface area contributed by atoms with Crippen molar-refractivity contribution in [2.75, 3.05) is 52.6 Å². The first kappa shape index (κ1) is 26.1.